The Morgan fingerprint density at radius 1 is 0.968 bits per heavy atom. The van der Waals surface area contributed by atoms with Crippen molar-refractivity contribution in [1.29, 1.82) is 0 Å². The Balaban J connectivity index is 1.03. The summed E-state index contributed by atoms with van der Waals surface area (Å²) < 4.78 is 41.3. The van der Waals surface area contributed by atoms with Crippen molar-refractivity contribution in [1.82, 2.24) is 14.6 Å². The predicted molar refractivity (Wildman–Crippen MR) is 242 cm³/mol. The molecule has 2 fully saturated rings. The van der Waals surface area contributed by atoms with Crippen LogP contribution in [0.3, 0.4) is 0 Å². The standard InChI is InChI=1S/C46H54ClN7O7S/c1-46(2)17-14-34(39(29-46)33-6-8-35(47)9-7-33)31-51-20-22-52(23-21-51)36-10-12-38(42(27-36)53-19-4-24-61-45-41(53)5-3-18-48-45)44(55)50-62(58,59)37-11-13-40(43(28-37)54(56)57)49-30-32-15-25-60-26-16-32/h3,5-13,18,27-28,32,49H,4,14-17,19-26,29-31H2,1-2H3,(H,50,55). The molecule has 4 heterocycles. The maximum atomic E-state index is 14.2. The SMILES string of the molecule is CC1(C)CCC(CN2CCN(c3ccc(C(=O)NS(=O)(=O)c4ccc(NCC5CCOCC5)c([N+](=O)[O-])c4)c(N4CCCOc5ncccc54)c3)CC2)=C(c2ccc(Cl)cc2)C1. The molecule has 2 saturated heterocycles. The number of hydrogen-bond acceptors (Lipinski definition) is 12. The van der Waals surface area contributed by atoms with E-state index >= 15 is 0 Å². The van der Waals surface area contributed by atoms with E-state index in [0.29, 0.717) is 56.6 Å². The summed E-state index contributed by atoms with van der Waals surface area (Å²) in [6.45, 7) is 11.4. The van der Waals surface area contributed by atoms with E-state index in [2.05, 4.69) is 50.8 Å². The lowest BCUT2D eigenvalue weighted by atomic mass is 9.72. The Labute approximate surface area is 368 Å². The van der Waals surface area contributed by atoms with Crippen LogP contribution in [0.25, 0.3) is 5.57 Å². The highest BCUT2D eigenvalue weighted by Gasteiger charge is 2.32. The number of piperazine rings is 1. The number of fused-ring (bicyclic) bond motifs is 1. The summed E-state index contributed by atoms with van der Waals surface area (Å²) in [5, 5.41) is 16.0. The van der Waals surface area contributed by atoms with Crippen LogP contribution < -0.4 is 24.6 Å². The minimum Gasteiger partial charge on any atom is -0.476 e. The number of nitro benzene ring substituents is 1. The van der Waals surface area contributed by atoms with Gasteiger partial charge in [0.05, 0.1) is 27.7 Å². The van der Waals surface area contributed by atoms with Crippen molar-refractivity contribution in [2.75, 3.05) is 80.8 Å². The van der Waals surface area contributed by atoms with Crippen molar-refractivity contribution in [3.63, 3.8) is 0 Å². The molecule has 8 rings (SSSR count). The fraction of sp³-hybridized carbons (Fsp3) is 0.435. The number of halogens is 1. The number of nitrogens with zero attached hydrogens (tertiary/aromatic N) is 5. The highest BCUT2D eigenvalue weighted by Crippen LogP contribution is 2.44. The van der Waals surface area contributed by atoms with Crippen LogP contribution in [-0.4, -0.2) is 94.8 Å². The summed E-state index contributed by atoms with van der Waals surface area (Å²) in [6, 6.07) is 21.0. The minimum absolute atomic E-state index is 0.124. The third-order valence-electron chi connectivity index (χ3n) is 12.5. The van der Waals surface area contributed by atoms with E-state index in [1.54, 1.807) is 18.3 Å². The molecule has 2 N–H and O–H groups in total. The predicted octanol–water partition coefficient (Wildman–Crippen LogP) is 8.31. The highest BCUT2D eigenvalue weighted by atomic mass is 35.5. The van der Waals surface area contributed by atoms with Gasteiger partial charge in [-0.25, -0.2) is 18.1 Å². The number of nitrogens with one attached hydrogen (secondary N) is 2. The topological polar surface area (TPSA) is 159 Å². The second kappa shape index (κ2) is 18.6. The van der Waals surface area contributed by atoms with Gasteiger partial charge in [-0.2, -0.15) is 0 Å². The molecular weight excluding hydrogens is 830 g/mol. The Hall–Kier alpha value is -5.22. The van der Waals surface area contributed by atoms with E-state index in [1.807, 2.05) is 35.2 Å². The van der Waals surface area contributed by atoms with Crippen molar-refractivity contribution in [2.45, 2.75) is 57.3 Å². The number of amides is 1. The molecular formula is C46H54ClN7O7S. The third kappa shape index (κ3) is 10.0. The first kappa shape index (κ1) is 43.4. The van der Waals surface area contributed by atoms with Gasteiger partial charge in [0, 0.05) is 82.0 Å². The molecule has 0 radical (unpaired) electrons. The molecule has 16 heteroatoms. The van der Waals surface area contributed by atoms with Gasteiger partial charge < -0.3 is 24.6 Å². The molecule has 62 heavy (non-hydrogen) atoms. The van der Waals surface area contributed by atoms with E-state index in [1.165, 1.54) is 28.8 Å². The highest BCUT2D eigenvalue weighted by molar-refractivity contribution is 7.90. The lowest BCUT2D eigenvalue weighted by Crippen LogP contribution is -2.47. The van der Waals surface area contributed by atoms with Crippen LogP contribution in [-0.2, 0) is 14.8 Å². The quantitative estimate of drug-likeness (QED) is 0.104. The molecule has 0 bridgehead atoms. The third-order valence-corrected chi connectivity index (χ3v) is 14.1. The van der Waals surface area contributed by atoms with E-state index < -0.39 is 31.4 Å². The van der Waals surface area contributed by atoms with Crippen LogP contribution in [0, 0.1) is 21.4 Å². The van der Waals surface area contributed by atoms with Gasteiger partial charge in [-0.3, -0.25) is 19.8 Å². The zero-order valence-corrected chi connectivity index (χ0v) is 36.8. The van der Waals surface area contributed by atoms with Gasteiger partial charge in [-0.1, -0.05) is 43.2 Å². The first-order valence-corrected chi connectivity index (χ1v) is 23.3. The fourth-order valence-corrected chi connectivity index (χ4v) is 10.0. The molecule has 1 aromatic heterocycles. The number of aromatic nitrogens is 1. The minimum atomic E-state index is -4.54. The number of anilines is 4. The summed E-state index contributed by atoms with van der Waals surface area (Å²) in [6.07, 6.45) is 7.15. The van der Waals surface area contributed by atoms with Crippen LogP contribution in [0.1, 0.15) is 68.3 Å². The van der Waals surface area contributed by atoms with E-state index in [4.69, 9.17) is 21.1 Å². The second-order valence-electron chi connectivity index (χ2n) is 17.4. The van der Waals surface area contributed by atoms with Crippen LogP contribution in [0.2, 0.25) is 5.02 Å². The number of carbonyl (C=O) groups excluding carboxylic acids is 1. The van der Waals surface area contributed by atoms with Crippen LogP contribution >= 0.6 is 11.6 Å². The number of sulfonamides is 1. The Kier molecular flexibility index (Phi) is 13.1. The van der Waals surface area contributed by atoms with Gasteiger partial charge in [0.2, 0.25) is 5.88 Å². The zero-order valence-electron chi connectivity index (χ0n) is 35.3. The van der Waals surface area contributed by atoms with Gasteiger partial charge in [0.25, 0.3) is 21.6 Å². The summed E-state index contributed by atoms with van der Waals surface area (Å²) in [5.74, 6) is -0.169. The Morgan fingerprint density at radius 2 is 1.74 bits per heavy atom. The lowest BCUT2D eigenvalue weighted by molar-refractivity contribution is -0.384. The maximum Gasteiger partial charge on any atom is 0.293 e. The van der Waals surface area contributed by atoms with Crippen LogP contribution in [0.4, 0.5) is 28.4 Å². The normalized spacial score (nSPS) is 18.7. The first-order valence-electron chi connectivity index (χ1n) is 21.4. The number of hydrogen-bond donors (Lipinski definition) is 2. The fourth-order valence-electron chi connectivity index (χ4n) is 8.91. The van der Waals surface area contributed by atoms with Crippen molar-refractivity contribution in [3.05, 3.63) is 111 Å². The Bertz CT molecular complexity index is 2430. The lowest BCUT2D eigenvalue weighted by Gasteiger charge is -2.39. The van der Waals surface area contributed by atoms with Crippen molar-refractivity contribution < 1.29 is 27.6 Å². The summed E-state index contributed by atoms with van der Waals surface area (Å²) in [4.78, 5) is 36.6. The van der Waals surface area contributed by atoms with Crippen molar-refractivity contribution in [2.24, 2.45) is 11.3 Å². The van der Waals surface area contributed by atoms with Crippen LogP contribution in [0.5, 0.6) is 5.88 Å². The van der Waals surface area contributed by atoms with Gasteiger partial charge in [-0.05, 0) is 116 Å². The number of ether oxygens (including phenoxy) is 2. The van der Waals surface area contributed by atoms with Gasteiger partial charge in [0.1, 0.15) is 11.4 Å². The molecule has 0 unspecified atom stereocenters. The van der Waals surface area contributed by atoms with E-state index in [9.17, 15) is 23.3 Å². The molecule has 3 aliphatic heterocycles. The van der Waals surface area contributed by atoms with E-state index in [0.717, 1.165) is 81.6 Å². The Morgan fingerprint density at radius 3 is 2.50 bits per heavy atom. The molecule has 4 aliphatic rings. The van der Waals surface area contributed by atoms with Crippen LogP contribution in [0.15, 0.2) is 89.5 Å². The first-order chi connectivity index (χ1) is 29.8. The molecule has 1 aliphatic carbocycles. The zero-order chi connectivity index (χ0) is 43.4. The van der Waals surface area contributed by atoms with Gasteiger partial charge >= 0.3 is 0 Å². The molecule has 14 nitrogen and oxygen atoms in total. The number of allylic oxidation sites excluding steroid dienone is 1. The molecule has 0 saturated carbocycles. The van der Waals surface area contributed by atoms with Gasteiger partial charge in [-0.15, -0.1) is 0 Å². The van der Waals surface area contributed by atoms with Crippen molar-refractivity contribution in [3.8, 4) is 5.88 Å². The maximum absolute atomic E-state index is 14.2. The monoisotopic (exact) mass is 883 g/mol. The molecule has 1 amide bonds. The summed E-state index contributed by atoms with van der Waals surface area (Å²) >= 11 is 6.26. The number of carbonyl (C=O) groups is 1. The van der Waals surface area contributed by atoms with Gasteiger partial charge in [0.15, 0.2) is 0 Å². The van der Waals surface area contributed by atoms with E-state index in [-0.39, 0.29) is 22.6 Å². The van der Waals surface area contributed by atoms with Crippen molar-refractivity contribution >= 4 is 61.5 Å². The number of rotatable bonds is 12. The molecule has 0 atom stereocenters. The molecule has 0 spiro atoms. The average Bonchev–Trinajstić information content (AvgIpc) is 3.49. The largest absolute Gasteiger partial charge is 0.476 e. The molecule has 4 aromatic rings. The number of benzene rings is 3. The molecule has 3 aromatic carbocycles. The molecule has 328 valence electrons. The smallest absolute Gasteiger partial charge is 0.293 e. The summed E-state index contributed by atoms with van der Waals surface area (Å²) in [5.41, 5.74) is 6.36. The summed E-state index contributed by atoms with van der Waals surface area (Å²) in [7, 11) is -4.54. The second-order valence-corrected chi connectivity index (χ2v) is 19.5. The average molecular weight is 884 g/mol. The number of nitro groups is 1. The number of pyridine rings is 1.